The van der Waals surface area contributed by atoms with Crippen LogP contribution >= 0.6 is 11.6 Å². The molecule has 5 heterocycles. The molecule has 0 atom stereocenters. The molecule has 4 saturated heterocycles. The second-order valence-corrected chi connectivity index (χ2v) is 6.38. The van der Waals surface area contributed by atoms with Gasteiger partial charge in [0, 0.05) is 0 Å². The molecule has 0 aliphatic carbocycles. The average molecular weight is 316 g/mol. The molecule has 0 aromatic carbocycles. The van der Waals surface area contributed by atoms with Crippen LogP contribution in [0.2, 0.25) is 0 Å². The number of hydrogen-bond acceptors (Lipinski definition) is 4. The summed E-state index contributed by atoms with van der Waals surface area (Å²) >= 11 is 5.88. The number of pyridine rings is 1. The third-order valence-electron chi connectivity index (χ3n) is 4.20. The van der Waals surface area contributed by atoms with Crippen LogP contribution in [0.15, 0.2) is 18.2 Å². The summed E-state index contributed by atoms with van der Waals surface area (Å²) in [5.41, 5.74) is 2.15. The summed E-state index contributed by atoms with van der Waals surface area (Å²) in [6.45, 7) is 7.86. The molecule has 4 aliphatic heterocycles. The maximum atomic E-state index is 5.88. The summed E-state index contributed by atoms with van der Waals surface area (Å²) in [5.74, 6) is 0.498. The van der Waals surface area contributed by atoms with Crippen LogP contribution in [0.1, 0.15) is 11.4 Å². The molecule has 1 aromatic rings. The molecule has 0 N–H and O–H groups in total. The van der Waals surface area contributed by atoms with E-state index >= 15 is 0 Å². The monoisotopic (exact) mass is 315 g/mol. The molecule has 20 heavy (non-hydrogen) atoms. The van der Waals surface area contributed by atoms with Crippen LogP contribution in [0.5, 0.6) is 0 Å². The Kier molecular flexibility index (Phi) is 3.92. The van der Waals surface area contributed by atoms with E-state index < -0.39 is 0 Å². The van der Waals surface area contributed by atoms with Gasteiger partial charge in [-0.25, -0.2) is 14.7 Å². The fourth-order valence-corrected chi connectivity index (χ4v) is 3.99. The molecule has 1 aromatic heterocycles. The summed E-state index contributed by atoms with van der Waals surface area (Å²) in [4.78, 5) is 12.3. The van der Waals surface area contributed by atoms with Crippen LogP contribution in [0.4, 0.5) is 0 Å². The quantitative estimate of drug-likeness (QED) is 0.468. The summed E-state index contributed by atoms with van der Waals surface area (Å²) in [7, 11) is 0. The topological polar surface area (TPSA) is 22.6 Å². The molecule has 0 spiro atoms. The van der Waals surface area contributed by atoms with E-state index in [-0.39, 0.29) is 12.4 Å². The molecule has 5 nitrogen and oxygen atoms in total. The Morgan fingerprint density at radius 1 is 1.00 bits per heavy atom. The van der Waals surface area contributed by atoms with Crippen molar-refractivity contribution in [1.29, 1.82) is 0 Å². The number of halogens is 2. The summed E-state index contributed by atoms with van der Waals surface area (Å²) < 4.78 is 1.10. The van der Waals surface area contributed by atoms with Gasteiger partial charge in [-0.15, -0.1) is 11.6 Å². The molecular formula is C13H19Cl2N5. The Hall–Kier alpha value is -0.430. The lowest BCUT2D eigenvalue weighted by atomic mass is 10.2. The summed E-state index contributed by atoms with van der Waals surface area (Å²) in [6, 6.07) is 6.21. The zero-order valence-corrected chi connectivity index (χ0v) is 12.9. The van der Waals surface area contributed by atoms with E-state index in [1.165, 1.54) is 5.69 Å². The third kappa shape index (κ3) is 2.54. The largest absolute Gasteiger partial charge is 1.00 e. The van der Waals surface area contributed by atoms with Gasteiger partial charge in [-0.1, -0.05) is 6.07 Å². The van der Waals surface area contributed by atoms with Crippen molar-refractivity contribution < 1.29 is 16.9 Å². The summed E-state index contributed by atoms with van der Waals surface area (Å²) in [6.07, 6.45) is 0. The number of hydrogen-bond donors (Lipinski definition) is 0. The smallest absolute Gasteiger partial charge is 0.139 e. The van der Waals surface area contributed by atoms with Crippen LogP contribution in [-0.2, 0) is 12.4 Å². The van der Waals surface area contributed by atoms with Crippen molar-refractivity contribution in [2.24, 2.45) is 0 Å². The Balaban J connectivity index is 0.00000121. The standard InChI is InChI=1S/C13H19ClN5.ClH/c14-4-12-2-1-3-13(15-12)5-19-9-16-6-17(10-19)8-18(7-16)11-19;/h1-3H,4-11H2;1H/q+1;/p-1. The Labute approximate surface area is 130 Å². The predicted octanol–water partition coefficient (Wildman–Crippen LogP) is -2.17. The van der Waals surface area contributed by atoms with Gasteiger partial charge in [0.15, 0.2) is 0 Å². The SMILES string of the molecule is ClCc1cccc(C[N+]23CN4CN(CN(C4)C2)C3)n1.[Cl-]. The van der Waals surface area contributed by atoms with Crippen LogP contribution in [-0.4, -0.2) is 64.2 Å². The van der Waals surface area contributed by atoms with Crippen LogP contribution in [0.25, 0.3) is 0 Å². The molecule has 4 aliphatic rings. The highest BCUT2D eigenvalue weighted by molar-refractivity contribution is 6.16. The fourth-order valence-electron chi connectivity index (χ4n) is 3.84. The van der Waals surface area contributed by atoms with Crippen molar-refractivity contribution in [2.45, 2.75) is 12.4 Å². The zero-order valence-electron chi connectivity index (χ0n) is 11.4. The van der Waals surface area contributed by atoms with Crippen molar-refractivity contribution in [2.75, 3.05) is 40.0 Å². The van der Waals surface area contributed by atoms with Crippen LogP contribution in [0, 0.1) is 0 Å². The number of alkyl halides is 1. The number of rotatable bonds is 3. The lowest BCUT2D eigenvalue weighted by Crippen LogP contribution is -3.00. The van der Waals surface area contributed by atoms with Gasteiger partial charge in [0.25, 0.3) is 0 Å². The highest BCUT2D eigenvalue weighted by Gasteiger charge is 2.48. The van der Waals surface area contributed by atoms with E-state index in [9.17, 15) is 0 Å². The van der Waals surface area contributed by atoms with Gasteiger partial charge in [0.05, 0.1) is 37.3 Å². The number of aromatic nitrogens is 1. The van der Waals surface area contributed by atoms with Gasteiger partial charge in [-0.05, 0) is 12.1 Å². The lowest BCUT2D eigenvalue weighted by Gasteiger charge is -2.60. The summed E-state index contributed by atoms with van der Waals surface area (Å²) in [5, 5.41) is 0. The zero-order chi connectivity index (χ0) is 12.9. The Morgan fingerprint density at radius 2 is 1.55 bits per heavy atom. The van der Waals surface area contributed by atoms with Gasteiger partial charge in [0.1, 0.15) is 26.6 Å². The Morgan fingerprint density at radius 3 is 2.10 bits per heavy atom. The number of nitrogens with zero attached hydrogens (tertiary/aromatic N) is 5. The molecule has 0 amide bonds. The maximum absolute atomic E-state index is 5.88. The second kappa shape index (κ2) is 5.40. The van der Waals surface area contributed by atoms with Crippen molar-refractivity contribution in [3.05, 3.63) is 29.6 Å². The van der Waals surface area contributed by atoms with Crippen molar-refractivity contribution >= 4 is 11.6 Å². The van der Waals surface area contributed by atoms with E-state index in [2.05, 4.69) is 31.8 Å². The predicted molar refractivity (Wildman–Crippen MR) is 72.5 cm³/mol. The molecule has 4 fully saturated rings. The molecule has 5 rings (SSSR count). The highest BCUT2D eigenvalue weighted by atomic mass is 35.5. The second-order valence-electron chi connectivity index (χ2n) is 6.11. The highest BCUT2D eigenvalue weighted by Crippen LogP contribution is 2.30. The van der Waals surface area contributed by atoms with Gasteiger partial charge < -0.3 is 12.4 Å². The minimum Gasteiger partial charge on any atom is -1.00 e. The van der Waals surface area contributed by atoms with Crippen molar-refractivity contribution in [1.82, 2.24) is 19.7 Å². The molecule has 0 unspecified atom stereocenters. The first-order valence-corrected chi connectivity index (χ1v) is 7.31. The van der Waals surface area contributed by atoms with E-state index in [4.69, 9.17) is 11.6 Å². The van der Waals surface area contributed by atoms with E-state index in [1.54, 1.807) is 0 Å². The third-order valence-corrected chi connectivity index (χ3v) is 4.47. The number of quaternary nitrogens is 1. The average Bonchev–Trinajstić information content (AvgIpc) is 2.36. The lowest BCUT2D eigenvalue weighted by molar-refractivity contribution is -0.991. The maximum Gasteiger partial charge on any atom is 0.139 e. The van der Waals surface area contributed by atoms with E-state index in [1.807, 2.05) is 6.07 Å². The van der Waals surface area contributed by atoms with Gasteiger partial charge in [-0.2, -0.15) is 0 Å². The van der Waals surface area contributed by atoms with Crippen LogP contribution < -0.4 is 12.4 Å². The molecular weight excluding hydrogens is 297 g/mol. The normalized spacial score (nSPS) is 37.8. The van der Waals surface area contributed by atoms with Crippen molar-refractivity contribution in [3.8, 4) is 0 Å². The Bertz CT molecular complexity index is 460. The molecule has 0 saturated carbocycles. The van der Waals surface area contributed by atoms with Gasteiger partial charge in [-0.3, -0.25) is 9.47 Å². The van der Waals surface area contributed by atoms with E-state index in [0.29, 0.717) is 5.88 Å². The van der Waals surface area contributed by atoms with Gasteiger partial charge in [0.2, 0.25) is 0 Å². The fraction of sp³-hybridized carbons (Fsp3) is 0.615. The molecule has 110 valence electrons. The minimum atomic E-state index is 0. The molecule has 4 bridgehead atoms. The molecule has 0 radical (unpaired) electrons. The first kappa shape index (κ1) is 14.5. The van der Waals surface area contributed by atoms with Gasteiger partial charge >= 0.3 is 0 Å². The minimum absolute atomic E-state index is 0. The van der Waals surface area contributed by atoms with E-state index in [0.717, 1.165) is 56.7 Å². The van der Waals surface area contributed by atoms with Crippen LogP contribution in [0.3, 0.4) is 0 Å². The molecule has 7 heteroatoms. The first-order valence-electron chi connectivity index (χ1n) is 6.78. The first-order chi connectivity index (χ1) is 9.25. The van der Waals surface area contributed by atoms with Crippen molar-refractivity contribution in [3.63, 3.8) is 0 Å².